The normalized spacial score (nSPS) is 29.5. The summed E-state index contributed by atoms with van der Waals surface area (Å²) in [6.45, 7) is 16.5. The molecule has 1 N–H and O–H groups in total. The molecule has 4 atom stereocenters. The third-order valence-corrected chi connectivity index (χ3v) is 4.80. The Balaban J connectivity index is 2.69. The van der Waals surface area contributed by atoms with Gasteiger partial charge in [0.05, 0.1) is 0 Å². The number of nitrogens with one attached hydrogen (secondary N) is 1. The van der Waals surface area contributed by atoms with Crippen molar-refractivity contribution in [2.75, 3.05) is 13.1 Å². The first-order valence-electron chi connectivity index (χ1n) is 8.00. The molecular formula is C16H34N2. The Morgan fingerprint density at radius 2 is 1.83 bits per heavy atom. The van der Waals surface area contributed by atoms with Crippen molar-refractivity contribution >= 4 is 0 Å². The fourth-order valence-electron chi connectivity index (χ4n) is 3.19. The smallest absolute Gasteiger partial charge is 0.0247 e. The van der Waals surface area contributed by atoms with E-state index in [0.717, 1.165) is 17.9 Å². The molecule has 1 heterocycles. The molecule has 0 aliphatic carbocycles. The van der Waals surface area contributed by atoms with Crippen LogP contribution >= 0.6 is 0 Å². The second kappa shape index (κ2) is 7.49. The van der Waals surface area contributed by atoms with Crippen molar-refractivity contribution < 1.29 is 0 Å². The summed E-state index contributed by atoms with van der Waals surface area (Å²) in [4.78, 5) is 2.78. The maximum Gasteiger partial charge on any atom is 0.0247 e. The van der Waals surface area contributed by atoms with Gasteiger partial charge in [0.1, 0.15) is 0 Å². The largest absolute Gasteiger partial charge is 0.311 e. The third kappa shape index (κ3) is 3.96. The maximum atomic E-state index is 3.79. The SMILES string of the molecule is CCCC(C)N1CC(C(C)CC)NCC1C(C)C. The van der Waals surface area contributed by atoms with Crippen molar-refractivity contribution in [3.63, 3.8) is 0 Å². The molecule has 1 rings (SSSR count). The molecule has 0 spiro atoms. The summed E-state index contributed by atoms with van der Waals surface area (Å²) in [6.07, 6.45) is 3.90. The maximum absolute atomic E-state index is 3.79. The molecule has 0 aromatic carbocycles. The monoisotopic (exact) mass is 254 g/mol. The lowest BCUT2D eigenvalue weighted by Crippen LogP contribution is -2.62. The first-order valence-corrected chi connectivity index (χ1v) is 8.00. The van der Waals surface area contributed by atoms with Crippen molar-refractivity contribution in [2.45, 2.75) is 78.9 Å². The van der Waals surface area contributed by atoms with E-state index in [1.165, 1.54) is 32.4 Å². The Bertz CT molecular complexity index is 227. The highest BCUT2D eigenvalue weighted by Gasteiger charge is 2.33. The summed E-state index contributed by atoms with van der Waals surface area (Å²) in [5.41, 5.74) is 0. The summed E-state index contributed by atoms with van der Waals surface area (Å²) in [6, 6.07) is 2.13. The van der Waals surface area contributed by atoms with Crippen LogP contribution in [0.3, 0.4) is 0 Å². The van der Waals surface area contributed by atoms with Crippen LogP contribution in [-0.2, 0) is 0 Å². The van der Waals surface area contributed by atoms with Gasteiger partial charge in [0.2, 0.25) is 0 Å². The van der Waals surface area contributed by atoms with E-state index in [0.29, 0.717) is 12.1 Å². The topological polar surface area (TPSA) is 15.3 Å². The molecule has 2 heteroatoms. The van der Waals surface area contributed by atoms with Crippen LogP contribution in [0, 0.1) is 11.8 Å². The molecule has 0 saturated carbocycles. The first-order chi connectivity index (χ1) is 8.51. The Hall–Kier alpha value is -0.0800. The molecule has 0 aromatic rings. The van der Waals surface area contributed by atoms with Crippen LogP contribution in [0.1, 0.15) is 60.8 Å². The van der Waals surface area contributed by atoms with Gasteiger partial charge in [-0.15, -0.1) is 0 Å². The molecule has 4 unspecified atom stereocenters. The summed E-state index contributed by atoms with van der Waals surface area (Å²) in [7, 11) is 0. The average molecular weight is 254 g/mol. The Labute approximate surface area is 115 Å². The van der Waals surface area contributed by atoms with E-state index in [1.807, 2.05) is 0 Å². The molecule has 1 aliphatic rings. The van der Waals surface area contributed by atoms with Gasteiger partial charge in [-0.2, -0.15) is 0 Å². The predicted octanol–water partition coefficient (Wildman–Crippen LogP) is 3.52. The van der Waals surface area contributed by atoms with Crippen molar-refractivity contribution in [1.29, 1.82) is 0 Å². The molecule has 0 radical (unpaired) electrons. The third-order valence-electron chi connectivity index (χ3n) is 4.80. The Morgan fingerprint density at radius 3 is 2.33 bits per heavy atom. The van der Waals surface area contributed by atoms with Crippen molar-refractivity contribution in [3.05, 3.63) is 0 Å². The van der Waals surface area contributed by atoms with Gasteiger partial charge < -0.3 is 5.32 Å². The van der Waals surface area contributed by atoms with Crippen LogP contribution in [-0.4, -0.2) is 36.1 Å². The minimum Gasteiger partial charge on any atom is -0.311 e. The summed E-state index contributed by atoms with van der Waals surface area (Å²) >= 11 is 0. The molecule has 18 heavy (non-hydrogen) atoms. The minimum absolute atomic E-state index is 0.685. The van der Waals surface area contributed by atoms with Gasteiger partial charge in [0, 0.05) is 31.2 Å². The molecule has 1 saturated heterocycles. The first kappa shape index (κ1) is 16.0. The fourth-order valence-corrected chi connectivity index (χ4v) is 3.19. The van der Waals surface area contributed by atoms with E-state index in [9.17, 15) is 0 Å². The van der Waals surface area contributed by atoms with Crippen LogP contribution in [0.4, 0.5) is 0 Å². The van der Waals surface area contributed by atoms with E-state index in [-0.39, 0.29) is 0 Å². The Morgan fingerprint density at radius 1 is 1.17 bits per heavy atom. The second-order valence-electron chi connectivity index (χ2n) is 6.55. The minimum atomic E-state index is 0.685. The number of nitrogens with zero attached hydrogens (tertiary/aromatic N) is 1. The van der Waals surface area contributed by atoms with Gasteiger partial charge >= 0.3 is 0 Å². The van der Waals surface area contributed by atoms with E-state index in [1.54, 1.807) is 0 Å². The standard InChI is InChI=1S/C16H34N2/c1-7-9-14(6)18-11-15(13(5)8-2)17-10-16(18)12(3)4/h12-17H,7-11H2,1-6H3. The van der Waals surface area contributed by atoms with E-state index in [2.05, 4.69) is 51.8 Å². The zero-order chi connectivity index (χ0) is 13.7. The predicted molar refractivity (Wildman–Crippen MR) is 80.9 cm³/mol. The summed E-state index contributed by atoms with van der Waals surface area (Å²) < 4.78 is 0. The highest BCUT2D eigenvalue weighted by Crippen LogP contribution is 2.23. The van der Waals surface area contributed by atoms with Crippen LogP contribution in [0.2, 0.25) is 0 Å². The van der Waals surface area contributed by atoms with Gasteiger partial charge in [0.15, 0.2) is 0 Å². The number of hydrogen-bond donors (Lipinski definition) is 1. The van der Waals surface area contributed by atoms with Crippen LogP contribution in [0.15, 0.2) is 0 Å². The number of rotatable bonds is 6. The highest BCUT2D eigenvalue weighted by molar-refractivity contribution is 4.91. The molecule has 2 nitrogen and oxygen atoms in total. The van der Waals surface area contributed by atoms with Crippen LogP contribution < -0.4 is 5.32 Å². The van der Waals surface area contributed by atoms with Crippen molar-refractivity contribution in [1.82, 2.24) is 10.2 Å². The molecule has 1 aliphatic heterocycles. The number of hydrogen-bond acceptors (Lipinski definition) is 2. The fraction of sp³-hybridized carbons (Fsp3) is 1.00. The van der Waals surface area contributed by atoms with Gasteiger partial charge in [-0.1, -0.05) is 47.5 Å². The van der Waals surface area contributed by atoms with Gasteiger partial charge in [-0.05, 0) is 25.2 Å². The molecule has 0 amide bonds. The molecule has 0 bridgehead atoms. The molecular weight excluding hydrogens is 220 g/mol. The zero-order valence-corrected chi connectivity index (χ0v) is 13.4. The van der Waals surface area contributed by atoms with Gasteiger partial charge in [-0.3, -0.25) is 4.90 Å². The van der Waals surface area contributed by atoms with E-state index >= 15 is 0 Å². The summed E-state index contributed by atoms with van der Waals surface area (Å²) in [5, 5.41) is 3.79. The zero-order valence-electron chi connectivity index (χ0n) is 13.4. The lowest BCUT2D eigenvalue weighted by molar-refractivity contribution is 0.0460. The van der Waals surface area contributed by atoms with Crippen LogP contribution in [0.25, 0.3) is 0 Å². The lowest BCUT2D eigenvalue weighted by Gasteiger charge is -2.47. The Kier molecular flexibility index (Phi) is 6.65. The molecule has 1 fully saturated rings. The van der Waals surface area contributed by atoms with Gasteiger partial charge in [0.25, 0.3) is 0 Å². The van der Waals surface area contributed by atoms with Crippen LogP contribution in [0.5, 0.6) is 0 Å². The van der Waals surface area contributed by atoms with Crippen molar-refractivity contribution in [2.24, 2.45) is 11.8 Å². The highest BCUT2D eigenvalue weighted by atomic mass is 15.3. The second-order valence-corrected chi connectivity index (χ2v) is 6.55. The summed E-state index contributed by atoms with van der Waals surface area (Å²) in [5.74, 6) is 1.53. The molecule has 0 aromatic heterocycles. The number of piperazine rings is 1. The van der Waals surface area contributed by atoms with E-state index in [4.69, 9.17) is 0 Å². The quantitative estimate of drug-likeness (QED) is 0.780. The lowest BCUT2D eigenvalue weighted by atomic mass is 9.90. The van der Waals surface area contributed by atoms with Crippen molar-refractivity contribution in [3.8, 4) is 0 Å². The average Bonchev–Trinajstić information content (AvgIpc) is 2.37. The van der Waals surface area contributed by atoms with E-state index < -0.39 is 0 Å². The molecule has 108 valence electrons. The van der Waals surface area contributed by atoms with Gasteiger partial charge in [-0.25, -0.2) is 0 Å².